The van der Waals surface area contributed by atoms with Gasteiger partial charge in [0.15, 0.2) is 5.82 Å². The van der Waals surface area contributed by atoms with Gasteiger partial charge in [-0.15, -0.1) is 0 Å². The molecule has 38 heavy (non-hydrogen) atoms. The summed E-state index contributed by atoms with van der Waals surface area (Å²) in [5.74, 6) is -1.75. The molecule has 1 aliphatic heterocycles. The van der Waals surface area contributed by atoms with E-state index in [1.165, 1.54) is 25.3 Å². The van der Waals surface area contributed by atoms with Crippen LogP contribution in [0.5, 0.6) is 11.8 Å². The summed E-state index contributed by atoms with van der Waals surface area (Å²) >= 11 is 0. The van der Waals surface area contributed by atoms with E-state index in [9.17, 15) is 13.9 Å². The zero-order valence-corrected chi connectivity index (χ0v) is 21.1. The molecule has 6 nitrogen and oxygen atoms in total. The van der Waals surface area contributed by atoms with Crippen LogP contribution in [0, 0.1) is 17.7 Å². The molecule has 6 rings (SSSR count). The van der Waals surface area contributed by atoms with E-state index in [2.05, 4.69) is 19.9 Å². The lowest BCUT2D eigenvalue weighted by atomic mass is 9.98. The number of hydrogen-bond acceptors (Lipinski definition) is 6. The summed E-state index contributed by atoms with van der Waals surface area (Å²) in [6.45, 7) is 2.49. The van der Waals surface area contributed by atoms with Gasteiger partial charge in [0.05, 0.1) is 12.0 Å². The molecule has 2 atom stereocenters. The van der Waals surface area contributed by atoms with Crippen LogP contribution in [-0.4, -0.2) is 45.7 Å². The van der Waals surface area contributed by atoms with Crippen LogP contribution < -0.4 is 9.64 Å². The first-order chi connectivity index (χ1) is 18.2. The van der Waals surface area contributed by atoms with Crippen LogP contribution in [0.15, 0.2) is 42.6 Å². The van der Waals surface area contributed by atoms with E-state index in [0.717, 1.165) is 30.8 Å². The molecule has 198 valence electrons. The Bertz CT molecular complexity index is 1500. The van der Waals surface area contributed by atoms with Gasteiger partial charge >= 0.3 is 6.01 Å². The van der Waals surface area contributed by atoms with Gasteiger partial charge in [-0.25, -0.2) is 13.2 Å². The summed E-state index contributed by atoms with van der Waals surface area (Å²) in [6, 6.07) is 10.5. The van der Waals surface area contributed by atoms with Gasteiger partial charge in [0.1, 0.15) is 22.8 Å². The van der Waals surface area contributed by atoms with Crippen LogP contribution in [0.3, 0.4) is 0 Å². The molecular weight excluding hydrogens is 493 g/mol. The van der Waals surface area contributed by atoms with Crippen LogP contribution in [0.1, 0.15) is 39.0 Å². The number of phenolic OH excluding ortho intramolecular Hbond substituents is 1. The highest BCUT2D eigenvalue weighted by Gasteiger charge is 2.35. The van der Waals surface area contributed by atoms with Gasteiger partial charge in [0.25, 0.3) is 0 Å². The van der Waals surface area contributed by atoms with Crippen molar-refractivity contribution in [3.05, 3.63) is 48.4 Å². The smallest absolute Gasteiger partial charge is 0.319 e. The molecule has 1 aliphatic carbocycles. The molecule has 1 saturated carbocycles. The second kappa shape index (κ2) is 9.60. The number of ether oxygens (including phenoxy) is 1. The van der Waals surface area contributed by atoms with E-state index in [1.807, 2.05) is 24.3 Å². The summed E-state index contributed by atoms with van der Waals surface area (Å²) in [7, 11) is 0. The summed E-state index contributed by atoms with van der Waals surface area (Å²) in [5.41, 5.74) is 0.564. The Morgan fingerprint density at radius 2 is 1.84 bits per heavy atom. The number of halogens is 3. The molecule has 0 radical (unpaired) electrons. The fourth-order valence-corrected chi connectivity index (χ4v) is 5.93. The Labute approximate surface area is 218 Å². The third-order valence-electron chi connectivity index (χ3n) is 7.64. The molecule has 2 aromatic heterocycles. The van der Waals surface area contributed by atoms with Gasteiger partial charge in [-0.05, 0) is 67.3 Å². The molecule has 1 saturated heterocycles. The number of fused-ring (bicyclic) bond motifs is 4. The molecule has 2 aliphatic rings. The molecule has 0 amide bonds. The Balaban J connectivity index is 1.45. The number of alkyl halides is 2. The van der Waals surface area contributed by atoms with Crippen molar-refractivity contribution in [1.82, 2.24) is 15.0 Å². The van der Waals surface area contributed by atoms with Crippen molar-refractivity contribution in [3.63, 3.8) is 0 Å². The maximum atomic E-state index is 16.2. The minimum Gasteiger partial charge on any atom is -0.508 e. The molecule has 9 heteroatoms. The van der Waals surface area contributed by atoms with E-state index in [-0.39, 0.29) is 42.4 Å². The maximum absolute atomic E-state index is 16.2. The van der Waals surface area contributed by atoms with Crippen molar-refractivity contribution in [2.24, 2.45) is 11.8 Å². The largest absolute Gasteiger partial charge is 0.508 e. The van der Waals surface area contributed by atoms with Crippen LogP contribution >= 0.6 is 0 Å². The molecule has 2 aromatic carbocycles. The lowest BCUT2D eigenvalue weighted by molar-refractivity contribution is 0.00741. The molecule has 4 aromatic rings. The van der Waals surface area contributed by atoms with Gasteiger partial charge in [0.2, 0.25) is 5.92 Å². The zero-order valence-electron chi connectivity index (χ0n) is 21.1. The van der Waals surface area contributed by atoms with E-state index in [0.29, 0.717) is 28.6 Å². The first-order valence-corrected chi connectivity index (χ1v) is 13.1. The normalized spacial score (nSPS) is 19.4. The fraction of sp³-hybridized carbons (Fsp3) is 0.414. The van der Waals surface area contributed by atoms with Gasteiger partial charge < -0.3 is 14.7 Å². The van der Waals surface area contributed by atoms with Crippen LogP contribution in [-0.2, 0) is 0 Å². The topological polar surface area (TPSA) is 71.4 Å². The van der Waals surface area contributed by atoms with Gasteiger partial charge in [-0.3, -0.25) is 4.98 Å². The highest BCUT2D eigenvalue weighted by Crippen LogP contribution is 2.41. The van der Waals surface area contributed by atoms with Crippen molar-refractivity contribution in [1.29, 1.82) is 0 Å². The lowest BCUT2D eigenvalue weighted by Gasteiger charge is -2.33. The van der Waals surface area contributed by atoms with Crippen LogP contribution in [0.2, 0.25) is 0 Å². The molecule has 3 heterocycles. The highest BCUT2D eigenvalue weighted by atomic mass is 19.3. The van der Waals surface area contributed by atoms with Crippen molar-refractivity contribution >= 4 is 27.5 Å². The maximum Gasteiger partial charge on any atom is 0.319 e. The summed E-state index contributed by atoms with van der Waals surface area (Å²) in [4.78, 5) is 15.7. The number of piperidine rings is 1. The number of aromatic hydroxyl groups is 1. The van der Waals surface area contributed by atoms with E-state index >= 15 is 4.39 Å². The fourth-order valence-electron chi connectivity index (χ4n) is 5.93. The minimum absolute atomic E-state index is 0.00359. The van der Waals surface area contributed by atoms with Gasteiger partial charge in [-0.1, -0.05) is 24.3 Å². The van der Waals surface area contributed by atoms with Gasteiger partial charge in [-0.2, -0.15) is 9.97 Å². The van der Waals surface area contributed by atoms with Crippen LogP contribution in [0.4, 0.5) is 19.0 Å². The number of benzene rings is 2. The highest BCUT2D eigenvalue weighted by molar-refractivity contribution is 5.99. The number of rotatable bonds is 7. The van der Waals surface area contributed by atoms with Gasteiger partial charge in [0, 0.05) is 31.3 Å². The van der Waals surface area contributed by atoms with Crippen LogP contribution in [0.25, 0.3) is 32.9 Å². The van der Waals surface area contributed by atoms with Crippen molar-refractivity contribution in [3.8, 4) is 23.0 Å². The molecule has 2 bridgehead atoms. The van der Waals surface area contributed by atoms with E-state index in [4.69, 9.17) is 4.74 Å². The Morgan fingerprint density at radius 1 is 1.08 bits per heavy atom. The summed E-state index contributed by atoms with van der Waals surface area (Å²) in [6.07, 6.45) is 4.90. The molecule has 1 N–H and O–H groups in total. The Hall–Kier alpha value is -3.62. The second-order valence-electron chi connectivity index (χ2n) is 10.7. The predicted molar refractivity (Wildman–Crippen MR) is 140 cm³/mol. The number of pyridine rings is 1. The Kier molecular flexibility index (Phi) is 6.24. The first kappa shape index (κ1) is 24.7. The Morgan fingerprint density at radius 3 is 2.61 bits per heavy atom. The van der Waals surface area contributed by atoms with E-state index in [1.54, 1.807) is 12.3 Å². The minimum atomic E-state index is -2.79. The third-order valence-corrected chi connectivity index (χ3v) is 7.64. The zero-order chi connectivity index (χ0) is 26.4. The van der Waals surface area contributed by atoms with Crippen molar-refractivity contribution in [2.45, 2.75) is 45.0 Å². The standard InChI is InChI=1S/C29H29F3N4O2/c1-29(31,32)9-4-10-38-28-34-26-23(27(35-28)36-15-17-7-8-18(11-17)16-36)14-33-25(24(26)30)22-13-20(37)12-19-5-2-3-6-21(19)22/h2-3,5-6,12-14,17-18,37H,4,7-11,15-16H2,1H3. The monoisotopic (exact) mass is 522 g/mol. The van der Waals surface area contributed by atoms with Crippen molar-refractivity contribution < 1.29 is 23.0 Å². The number of phenols is 1. The second-order valence-corrected chi connectivity index (χ2v) is 10.7. The average molecular weight is 523 g/mol. The third kappa shape index (κ3) is 4.81. The number of hydrogen-bond donors (Lipinski definition) is 1. The quantitative estimate of drug-likeness (QED) is 0.271. The predicted octanol–water partition coefficient (Wildman–Crippen LogP) is 6.74. The van der Waals surface area contributed by atoms with E-state index < -0.39 is 11.7 Å². The number of nitrogens with zero attached hydrogens (tertiary/aromatic N) is 4. The average Bonchev–Trinajstić information content (AvgIpc) is 3.23. The number of anilines is 1. The van der Waals surface area contributed by atoms with Crippen molar-refractivity contribution in [2.75, 3.05) is 24.6 Å². The summed E-state index contributed by atoms with van der Waals surface area (Å²) < 4.78 is 48.5. The molecule has 2 unspecified atom stereocenters. The summed E-state index contributed by atoms with van der Waals surface area (Å²) in [5, 5.41) is 12.3. The first-order valence-electron chi connectivity index (χ1n) is 13.1. The molecule has 0 spiro atoms. The SMILES string of the molecule is CC(F)(F)CCCOc1nc(N2CC3CCC(C3)C2)c2cnc(-c3cc(O)cc4ccccc34)c(F)c2n1. The molecule has 2 fully saturated rings. The lowest BCUT2D eigenvalue weighted by Crippen LogP contribution is -2.37. The molecular formula is C29H29F3N4O2. The number of aromatic nitrogens is 3.